The number of hydrogen-bond acceptors (Lipinski definition) is 7. The van der Waals surface area contributed by atoms with Crippen LogP contribution >= 0.6 is 35.0 Å². The van der Waals surface area contributed by atoms with Crippen LogP contribution in [-0.4, -0.2) is 55.5 Å². The topological polar surface area (TPSA) is 89.5 Å². The first-order chi connectivity index (χ1) is 15.3. The van der Waals surface area contributed by atoms with Gasteiger partial charge in [-0.1, -0.05) is 35.0 Å². The van der Waals surface area contributed by atoms with Gasteiger partial charge in [0.15, 0.2) is 5.17 Å². The first-order valence-corrected chi connectivity index (χ1v) is 11.0. The van der Waals surface area contributed by atoms with Crippen molar-refractivity contribution in [3.05, 3.63) is 40.4 Å². The highest BCUT2D eigenvalue weighted by atomic mass is 35.5. The predicted octanol–water partition coefficient (Wildman–Crippen LogP) is 4.61. The third-order valence-electron chi connectivity index (χ3n) is 4.62. The minimum Gasteiger partial charge on any atom is -0.495 e. The lowest BCUT2D eigenvalue weighted by Crippen LogP contribution is -2.30. The smallest absolute Gasteiger partial charge is 0.242 e. The Kier molecular flexibility index (Phi) is 7.76. The zero-order chi connectivity index (χ0) is 23.4. The van der Waals surface area contributed by atoms with Crippen molar-refractivity contribution in [2.75, 3.05) is 33.7 Å². The molecule has 1 N–H and O–H groups in total. The highest BCUT2D eigenvalue weighted by Gasteiger charge is 2.37. The van der Waals surface area contributed by atoms with Gasteiger partial charge in [-0.25, -0.2) is 4.99 Å². The lowest BCUT2D eigenvalue weighted by atomic mass is 10.2. The molecule has 2 amide bonds. The fourth-order valence-corrected chi connectivity index (χ4v) is 4.53. The molecule has 0 aliphatic carbocycles. The Bertz CT molecular complexity index is 1080. The van der Waals surface area contributed by atoms with E-state index in [1.165, 1.54) is 44.1 Å². The summed E-state index contributed by atoms with van der Waals surface area (Å²) in [4.78, 5) is 31.3. The van der Waals surface area contributed by atoms with Gasteiger partial charge in [0.05, 0.1) is 32.0 Å². The quantitative estimate of drug-likeness (QED) is 0.600. The molecule has 0 aromatic heterocycles. The summed E-state index contributed by atoms with van der Waals surface area (Å²) in [5, 5.41) is 3.36. The molecule has 0 spiro atoms. The molecule has 8 nitrogen and oxygen atoms in total. The van der Waals surface area contributed by atoms with Crippen LogP contribution in [0.5, 0.6) is 17.2 Å². The Balaban J connectivity index is 1.75. The van der Waals surface area contributed by atoms with E-state index in [-0.39, 0.29) is 18.2 Å². The Hall–Kier alpha value is -2.62. The second-order valence-electron chi connectivity index (χ2n) is 6.65. The second kappa shape index (κ2) is 10.3. The number of aliphatic imine (C=N–C) groups is 1. The number of anilines is 1. The van der Waals surface area contributed by atoms with Gasteiger partial charge in [0.25, 0.3) is 0 Å². The van der Waals surface area contributed by atoms with Crippen LogP contribution in [0.2, 0.25) is 10.0 Å². The van der Waals surface area contributed by atoms with Crippen molar-refractivity contribution in [3.63, 3.8) is 0 Å². The number of benzene rings is 2. The average molecular weight is 498 g/mol. The Morgan fingerprint density at radius 1 is 1.09 bits per heavy atom. The molecule has 170 valence electrons. The summed E-state index contributed by atoms with van der Waals surface area (Å²) >= 11 is 13.4. The highest BCUT2D eigenvalue weighted by molar-refractivity contribution is 8.15. The molecular formula is C21H21Cl2N3O5S. The van der Waals surface area contributed by atoms with Gasteiger partial charge >= 0.3 is 0 Å². The molecule has 0 saturated carbocycles. The van der Waals surface area contributed by atoms with Crippen molar-refractivity contribution in [3.8, 4) is 17.2 Å². The van der Waals surface area contributed by atoms with Crippen LogP contribution in [0.1, 0.15) is 6.42 Å². The van der Waals surface area contributed by atoms with E-state index in [0.717, 1.165) is 0 Å². The molecular weight excluding hydrogens is 477 g/mol. The number of rotatable bonds is 7. The fourth-order valence-electron chi connectivity index (χ4n) is 2.98. The highest BCUT2D eigenvalue weighted by Crippen LogP contribution is 2.37. The van der Waals surface area contributed by atoms with E-state index >= 15 is 0 Å². The summed E-state index contributed by atoms with van der Waals surface area (Å²) in [6.45, 7) is 0. The van der Waals surface area contributed by atoms with Gasteiger partial charge in [-0.2, -0.15) is 0 Å². The van der Waals surface area contributed by atoms with Crippen LogP contribution in [-0.2, 0) is 9.59 Å². The molecule has 3 rings (SSSR count). The normalized spacial score (nSPS) is 16.9. The molecule has 1 aliphatic heterocycles. The van der Waals surface area contributed by atoms with Gasteiger partial charge in [-0.3, -0.25) is 14.5 Å². The first-order valence-electron chi connectivity index (χ1n) is 9.35. The van der Waals surface area contributed by atoms with Gasteiger partial charge < -0.3 is 19.5 Å². The molecule has 0 bridgehead atoms. The largest absolute Gasteiger partial charge is 0.495 e. The van der Waals surface area contributed by atoms with E-state index in [2.05, 4.69) is 10.3 Å². The molecule has 2 aromatic rings. The van der Waals surface area contributed by atoms with Gasteiger partial charge in [0.2, 0.25) is 11.8 Å². The third-order valence-corrected chi connectivity index (χ3v) is 6.38. The summed E-state index contributed by atoms with van der Waals surface area (Å²) < 4.78 is 15.8. The van der Waals surface area contributed by atoms with Crippen molar-refractivity contribution in [2.45, 2.75) is 11.7 Å². The monoisotopic (exact) mass is 497 g/mol. The zero-order valence-corrected chi connectivity index (χ0v) is 20.1. The van der Waals surface area contributed by atoms with Crippen molar-refractivity contribution >= 4 is 63.3 Å². The summed E-state index contributed by atoms with van der Waals surface area (Å²) in [6, 6.07) is 8.14. The number of amidine groups is 1. The first kappa shape index (κ1) is 24.0. The number of ether oxygens (including phenoxy) is 3. The summed E-state index contributed by atoms with van der Waals surface area (Å²) in [7, 11) is 6.08. The Morgan fingerprint density at radius 3 is 2.44 bits per heavy atom. The maximum Gasteiger partial charge on any atom is 0.242 e. The lowest BCUT2D eigenvalue weighted by molar-refractivity contribution is -0.127. The van der Waals surface area contributed by atoms with E-state index in [1.54, 1.807) is 31.3 Å². The number of halogens is 2. The van der Waals surface area contributed by atoms with Gasteiger partial charge in [-0.15, -0.1) is 0 Å². The van der Waals surface area contributed by atoms with Crippen molar-refractivity contribution < 1.29 is 23.8 Å². The molecule has 0 unspecified atom stereocenters. The predicted molar refractivity (Wildman–Crippen MR) is 127 cm³/mol. The fraction of sp³-hybridized carbons (Fsp3) is 0.286. The maximum atomic E-state index is 12.7. The van der Waals surface area contributed by atoms with Gasteiger partial charge in [0, 0.05) is 24.6 Å². The SMILES string of the molecule is COc1cc(OC)c(NC(=O)C[C@H]2SC(=Nc3cc(Cl)ccc3OC)N(C)C2=O)cc1Cl. The van der Waals surface area contributed by atoms with Crippen LogP contribution < -0.4 is 19.5 Å². The molecule has 0 radical (unpaired) electrons. The van der Waals surface area contributed by atoms with Crippen LogP contribution in [0.3, 0.4) is 0 Å². The number of amides is 2. The molecule has 1 aliphatic rings. The van der Waals surface area contributed by atoms with E-state index in [9.17, 15) is 9.59 Å². The van der Waals surface area contributed by atoms with Crippen LogP contribution in [0.4, 0.5) is 11.4 Å². The number of carbonyl (C=O) groups excluding carboxylic acids is 2. The minimum absolute atomic E-state index is 0.0632. The number of hydrogen-bond donors (Lipinski definition) is 1. The molecule has 1 fully saturated rings. The van der Waals surface area contributed by atoms with Crippen LogP contribution in [0, 0.1) is 0 Å². The number of methoxy groups -OCH3 is 3. The maximum absolute atomic E-state index is 12.7. The number of carbonyl (C=O) groups is 2. The van der Waals surface area contributed by atoms with Crippen LogP contribution in [0.25, 0.3) is 0 Å². The summed E-state index contributed by atoms with van der Waals surface area (Å²) in [6.07, 6.45) is -0.0632. The second-order valence-corrected chi connectivity index (χ2v) is 8.67. The summed E-state index contributed by atoms with van der Waals surface area (Å²) in [5.74, 6) is 0.724. The Labute approximate surface area is 199 Å². The van der Waals surface area contributed by atoms with Crippen LogP contribution in [0.15, 0.2) is 35.3 Å². The average Bonchev–Trinajstić information content (AvgIpc) is 3.01. The van der Waals surface area contributed by atoms with Crippen molar-refractivity contribution in [1.29, 1.82) is 0 Å². The molecule has 2 aromatic carbocycles. The molecule has 32 heavy (non-hydrogen) atoms. The van der Waals surface area contributed by atoms with E-state index in [1.807, 2.05) is 0 Å². The van der Waals surface area contributed by atoms with E-state index in [4.69, 9.17) is 37.4 Å². The summed E-state index contributed by atoms with van der Waals surface area (Å²) in [5.41, 5.74) is 0.870. The molecule has 1 heterocycles. The lowest BCUT2D eigenvalue weighted by Gasteiger charge is -2.14. The molecule has 1 atom stereocenters. The Morgan fingerprint density at radius 2 is 1.78 bits per heavy atom. The van der Waals surface area contributed by atoms with E-state index < -0.39 is 5.25 Å². The molecule has 1 saturated heterocycles. The number of nitrogens with one attached hydrogen (secondary N) is 1. The standard InChI is InChI=1S/C21H21Cl2N3O5S/c1-26-20(28)18(32-21(26)25-13-7-11(22)5-6-15(13)29-2)10-19(27)24-14-8-12(23)16(30-3)9-17(14)31-4/h5-9,18H,10H2,1-4H3,(H,24,27)/t18-/m1/s1. The van der Waals surface area contributed by atoms with Crippen molar-refractivity contribution in [1.82, 2.24) is 4.90 Å². The van der Waals surface area contributed by atoms with Gasteiger partial charge in [0.1, 0.15) is 28.2 Å². The van der Waals surface area contributed by atoms with E-state index in [0.29, 0.717) is 43.8 Å². The zero-order valence-electron chi connectivity index (χ0n) is 17.8. The minimum atomic E-state index is -0.636. The third kappa shape index (κ3) is 5.23. The number of nitrogens with zero attached hydrogens (tertiary/aromatic N) is 2. The molecule has 11 heteroatoms. The van der Waals surface area contributed by atoms with Gasteiger partial charge in [-0.05, 0) is 24.3 Å². The van der Waals surface area contributed by atoms with Crippen molar-refractivity contribution in [2.24, 2.45) is 4.99 Å². The number of thioether (sulfide) groups is 1.